The van der Waals surface area contributed by atoms with Crippen LogP contribution in [0, 0.1) is 12.3 Å². The third-order valence-electron chi connectivity index (χ3n) is 1.00. The van der Waals surface area contributed by atoms with Gasteiger partial charge < -0.3 is 0 Å². The minimum atomic E-state index is 0.674. The molecule has 2 heteroatoms. The summed E-state index contributed by atoms with van der Waals surface area (Å²) in [5.41, 5.74) is 0. The minimum Gasteiger partial charge on any atom is -0.247 e. The van der Waals surface area contributed by atoms with Gasteiger partial charge >= 0.3 is 0 Å². The highest BCUT2D eigenvalue weighted by atomic mass is 15.6. The van der Waals surface area contributed by atoms with E-state index in [4.69, 9.17) is 6.42 Å². The summed E-state index contributed by atoms with van der Waals surface area (Å²) in [5, 5.41) is 3.89. The van der Waals surface area contributed by atoms with Gasteiger partial charge in [0, 0.05) is 21.1 Å². The van der Waals surface area contributed by atoms with Gasteiger partial charge in [-0.3, -0.25) is 0 Å². The summed E-state index contributed by atoms with van der Waals surface area (Å²) < 4.78 is 0. The minimum absolute atomic E-state index is 0.674. The van der Waals surface area contributed by atoms with Gasteiger partial charge in [0.15, 0.2) is 0 Å². The molecule has 0 bridgehead atoms. The fourth-order valence-electron chi connectivity index (χ4n) is 0.274. The zero-order chi connectivity index (χ0) is 6.57. The van der Waals surface area contributed by atoms with Crippen molar-refractivity contribution in [3.8, 4) is 12.3 Å². The lowest BCUT2D eigenvalue weighted by molar-refractivity contribution is 0.0730. The third-order valence-corrected chi connectivity index (χ3v) is 1.00. The number of hydrazine groups is 1. The lowest BCUT2D eigenvalue weighted by atomic mass is 10.6. The largest absolute Gasteiger partial charge is 0.247 e. The van der Waals surface area contributed by atoms with Crippen molar-refractivity contribution in [2.24, 2.45) is 0 Å². The first kappa shape index (κ1) is 7.48. The van der Waals surface area contributed by atoms with Crippen molar-refractivity contribution in [3.63, 3.8) is 0 Å². The number of rotatable bonds is 2. The van der Waals surface area contributed by atoms with Crippen LogP contribution in [0.3, 0.4) is 0 Å². The molecule has 46 valence electrons. The molecule has 0 atom stereocenters. The van der Waals surface area contributed by atoms with Gasteiger partial charge in [0.1, 0.15) is 0 Å². The van der Waals surface area contributed by atoms with E-state index >= 15 is 0 Å². The van der Waals surface area contributed by atoms with E-state index in [9.17, 15) is 0 Å². The normalized spacial score (nSPS) is 10.0. The summed E-state index contributed by atoms with van der Waals surface area (Å²) in [5.74, 6) is 2.53. The Hall–Kier alpha value is -0.520. The second-order valence-electron chi connectivity index (χ2n) is 1.87. The van der Waals surface area contributed by atoms with E-state index in [2.05, 4.69) is 5.92 Å². The molecule has 0 heterocycles. The van der Waals surface area contributed by atoms with Crippen molar-refractivity contribution in [1.82, 2.24) is 10.0 Å². The Balaban J connectivity index is 3.35. The van der Waals surface area contributed by atoms with Gasteiger partial charge in [-0.2, -0.15) is 0 Å². The molecule has 0 aromatic carbocycles. The summed E-state index contributed by atoms with van der Waals surface area (Å²) in [7, 11) is 5.86. The number of nitrogens with zero attached hydrogens (tertiary/aromatic N) is 2. The standard InChI is InChI=1S/C6H12N2/c1-5-6-8(4)7(2)3/h1H,6H2,2-4H3. The molecule has 0 aliphatic heterocycles. The molecule has 0 rings (SSSR count). The molecule has 0 saturated carbocycles. The average molecular weight is 112 g/mol. The Kier molecular flexibility index (Phi) is 3.25. The predicted molar refractivity (Wildman–Crippen MR) is 35.1 cm³/mol. The Morgan fingerprint density at radius 3 is 2.00 bits per heavy atom. The average Bonchev–Trinajstić information content (AvgIpc) is 1.67. The van der Waals surface area contributed by atoms with Crippen molar-refractivity contribution in [2.45, 2.75) is 0 Å². The van der Waals surface area contributed by atoms with Gasteiger partial charge in [-0.1, -0.05) is 5.92 Å². The van der Waals surface area contributed by atoms with E-state index in [1.807, 2.05) is 31.2 Å². The first-order chi connectivity index (χ1) is 3.68. The van der Waals surface area contributed by atoms with Gasteiger partial charge in [-0.05, 0) is 0 Å². The molecule has 0 aromatic rings. The monoisotopic (exact) mass is 112 g/mol. The second kappa shape index (κ2) is 3.48. The van der Waals surface area contributed by atoms with Crippen LogP contribution in [0.4, 0.5) is 0 Å². The van der Waals surface area contributed by atoms with Crippen molar-refractivity contribution in [1.29, 1.82) is 0 Å². The van der Waals surface area contributed by atoms with Crippen LogP contribution in [-0.2, 0) is 0 Å². The van der Waals surface area contributed by atoms with E-state index in [0.29, 0.717) is 6.54 Å². The van der Waals surface area contributed by atoms with Crippen LogP contribution in [0.15, 0.2) is 0 Å². The van der Waals surface area contributed by atoms with E-state index in [1.165, 1.54) is 0 Å². The van der Waals surface area contributed by atoms with Gasteiger partial charge in [-0.25, -0.2) is 10.0 Å². The summed E-state index contributed by atoms with van der Waals surface area (Å²) in [4.78, 5) is 0. The smallest absolute Gasteiger partial charge is 0.0738 e. The van der Waals surface area contributed by atoms with Gasteiger partial charge in [0.2, 0.25) is 0 Å². The maximum absolute atomic E-state index is 5.05. The zero-order valence-electron chi connectivity index (χ0n) is 5.68. The highest BCUT2D eigenvalue weighted by Gasteiger charge is 1.93. The van der Waals surface area contributed by atoms with Crippen LogP contribution in [0.2, 0.25) is 0 Å². The molecular formula is C6H12N2. The highest BCUT2D eigenvalue weighted by molar-refractivity contribution is 4.86. The van der Waals surface area contributed by atoms with Crippen LogP contribution in [0.5, 0.6) is 0 Å². The zero-order valence-corrected chi connectivity index (χ0v) is 5.68. The molecule has 0 saturated heterocycles. The Bertz CT molecular complexity index is 91.2. The number of hydrogen-bond donors (Lipinski definition) is 0. The lowest BCUT2D eigenvalue weighted by Crippen LogP contribution is -2.33. The van der Waals surface area contributed by atoms with Crippen LogP contribution < -0.4 is 0 Å². The summed E-state index contributed by atoms with van der Waals surface area (Å²) in [6, 6.07) is 0. The molecule has 0 radical (unpaired) electrons. The molecule has 0 N–H and O–H groups in total. The first-order valence-corrected chi connectivity index (χ1v) is 2.50. The van der Waals surface area contributed by atoms with Crippen LogP contribution in [0.1, 0.15) is 0 Å². The summed E-state index contributed by atoms with van der Waals surface area (Å²) in [6.07, 6.45) is 5.05. The molecule has 8 heavy (non-hydrogen) atoms. The van der Waals surface area contributed by atoms with Crippen LogP contribution in [0.25, 0.3) is 0 Å². The SMILES string of the molecule is C#CCN(C)N(C)C. The number of terminal acetylenes is 1. The Labute approximate surface area is 51.1 Å². The van der Waals surface area contributed by atoms with Crippen molar-refractivity contribution in [2.75, 3.05) is 27.7 Å². The Morgan fingerprint density at radius 1 is 1.38 bits per heavy atom. The molecule has 0 unspecified atom stereocenters. The topological polar surface area (TPSA) is 6.48 Å². The summed E-state index contributed by atoms with van der Waals surface area (Å²) >= 11 is 0. The highest BCUT2D eigenvalue weighted by Crippen LogP contribution is 1.80. The molecular weight excluding hydrogens is 100 g/mol. The maximum atomic E-state index is 5.05. The second-order valence-corrected chi connectivity index (χ2v) is 1.87. The maximum Gasteiger partial charge on any atom is 0.0738 e. The molecule has 0 fully saturated rings. The van der Waals surface area contributed by atoms with Crippen LogP contribution in [-0.4, -0.2) is 37.7 Å². The summed E-state index contributed by atoms with van der Waals surface area (Å²) in [6.45, 7) is 0.674. The molecule has 0 amide bonds. The van der Waals surface area contributed by atoms with Crippen LogP contribution >= 0.6 is 0 Å². The molecule has 0 aliphatic carbocycles. The lowest BCUT2D eigenvalue weighted by Gasteiger charge is -2.20. The van der Waals surface area contributed by atoms with E-state index in [1.54, 1.807) is 0 Å². The third kappa shape index (κ3) is 2.62. The van der Waals surface area contributed by atoms with Crippen molar-refractivity contribution in [3.05, 3.63) is 0 Å². The van der Waals surface area contributed by atoms with Gasteiger partial charge in [0.25, 0.3) is 0 Å². The fourth-order valence-corrected chi connectivity index (χ4v) is 0.274. The van der Waals surface area contributed by atoms with Gasteiger partial charge in [0.05, 0.1) is 6.54 Å². The van der Waals surface area contributed by atoms with E-state index < -0.39 is 0 Å². The van der Waals surface area contributed by atoms with E-state index in [-0.39, 0.29) is 0 Å². The van der Waals surface area contributed by atoms with Crippen molar-refractivity contribution >= 4 is 0 Å². The first-order valence-electron chi connectivity index (χ1n) is 2.50. The fraction of sp³-hybridized carbons (Fsp3) is 0.667. The van der Waals surface area contributed by atoms with E-state index in [0.717, 1.165) is 0 Å². The quantitative estimate of drug-likeness (QED) is 0.367. The van der Waals surface area contributed by atoms with Gasteiger partial charge in [-0.15, -0.1) is 6.42 Å². The molecule has 0 spiro atoms. The predicted octanol–water partition coefficient (Wildman–Crippen LogP) is 0.0280. The number of hydrogen-bond acceptors (Lipinski definition) is 2. The molecule has 0 aliphatic rings. The van der Waals surface area contributed by atoms with Crippen molar-refractivity contribution < 1.29 is 0 Å². The Morgan fingerprint density at radius 2 is 1.88 bits per heavy atom. The molecule has 0 aromatic heterocycles. The molecule has 2 nitrogen and oxygen atoms in total.